The third kappa shape index (κ3) is 2.96. The molecule has 2 aromatic rings. The molecule has 1 heterocycles. The lowest BCUT2D eigenvalue weighted by molar-refractivity contribution is 0.467. The fourth-order valence-electron chi connectivity index (χ4n) is 2.24. The Balaban J connectivity index is 2.34. The van der Waals surface area contributed by atoms with E-state index in [0.717, 1.165) is 11.8 Å². The molecular formula is C15H16F2N2. The molecule has 0 aliphatic heterocycles. The fraction of sp³-hybridized carbons (Fsp3) is 0.267. The molecule has 1 aromatic carbocycles. The second kappa shape index (κ2) is 5.89. The highest BCUT2D eigenvalue weighted by molar-refractivity contribution is 5.26. The Kier molecular flexibility index (Phi) is 4.22. The van der Waals surface area contributed by atoms with Crippen LogP contribution in [0.15, 0.2) is 42.6 Å². The van der Waals surface area contributed by atoms with Crippen molar-refractivity contribution in [3.8, 4) is 0 Å². The average Bonchev–Trinajstić information content (AvgIpc) is 2.42. The molecule has 4 heteroatoms. The number of rotatable bonds is 4. The second-order valence-electron chi connectivity index (χ2n) is 4.48. The van der Waals surface area contributed by atoms with Gasteiger partial charge in [-0.25, -0.2) is 8.78 Å². The molecule has 0 amide bonds. The summed E-state index contributed by atoms with van der Waals surface area (Å²) in [5.41, 5.74) is 1.31. The lowest BCUT2D eigenvalue weighted by Gasteiger charge is -2.24. The van der Waals surface area contributed by atoms with Gasteiger partial charge in [0.2, 0.25) is 0 Å². The first kappa shape index (κ1) is 13.6. The molecule has 1 aromatic heterocycles. The van der Waals surface area contributed by atoms with E-state index in [2.05, 4.69) is 10.3 Å². The van der Waals surface area contributed by atoms with E-state index in [1.807, 2.05) is 25.1 Å². The Morgan fingerprint density at radius 2 is 1.95 bits per heavy atom. The molecule has 2 rings (SSSR count). The second-order valence-corrected chi connectivity index (χ2v) is 4.48. The number of aromatic nitrogens is 1. The lowest BCUT2D eigenvalue weighted by atomic mass is 9.91. The number of halogens is 2. The first-order valence-corrected chi connectivity index (χ1v) is 6.16. The van der Waals surface area contributed by atoms with Crippen molar-refractivity contribution in [3.05, 3.63) is 65.5 Å². The zero-order valence-corrected chi connectivity index (χ0v) is 10.9. The minimum Gasteiger partial charge on any atom is -0.312 e. The average molecular weight is 262 g/mol. The van der Waals surface area contributed by atoms with Crippen molar-refractivity contribution in [1.29, 1.82) is 0 Å². The highest BCUT2D eigenvalue weighted by atomic mass is 19.1. The zero-order chi connectivity index (χ0) is 13.8. The summed E-state index contributed by atoms with van der Waals surface area (Å²) in [5, 5.41) is 3.07. The quantitative estimate of drug-likeness (QED) is 0.913. The van der Waals surface area contributed by atoms with Crippen molar-refractivity contribution in [1.82, 2.24) is 10.3 Å². The van der Waals surface area contributed by atoms with Gasteiger partial charge in [0.25, 0.3) is 0 Å². The van der Waals surface area contributed by atoms with Gasteiger partial charge in [0.1, 0.15) is 11.6 Å². The molecule has 2 nitrogen and oxygen atoms in total. The minimum atomic E-state index is -0.568. The van der Waals surface area contributed by atoms with Gasteiger partial charge < -0.3 is 5.32 Å². The molecule has 100 valence electrons. The molecule has 0 aliphatic rings. The molecule has 0 radical (unpaired) electrons. The van der Waals surface area contributed by atoms with E-state index < -0.39 is 11.6 Å². The van der Waals surface area contributed by atoms with E-state index in [0.29, 0.717) is 5.56 Å². The van der Waals surface area contributed by atoms with E-state index in [4.69, 9.17) is 0 Å². The van der Waals surface area contributed by atoms with Crippen LogP contribution < -0.4 is 5.32 Å². The van der Waals surface area contributed by atoms with Crippen LogP contribution in [0.25, 0.3) is 0 Å². The van der Waals surface area contributed by atoms with Gasteiger partial charge in [0, 0.05) is 35.5 Å². The number of nitrogens with one attached hydrogen (secondary N) is 1. The monoisotopic (exact) mass is 262 g/mol. The van der Waals surface area contributed by atoms with Crippen LogP contribution in [0.2, 0.25) is 0 Å². The van der Waals surface area contributed by atoms with Crippen molar-refractivity contribution in [2.45, 2.75) is 18.9 Å². The van der Waals surface area contributed by atoms with Crippen molar-refractivity contribution in [2.75, 3.05) is 7.05 Å². The van der Waals surface area contributed by atoms with E-state index in [1.165, 1.54) is 12.1 Å². The number of nitrogens with zero attached hydrogens (tertiary/aromatic N) is 1. The van der Waals surface area contributed by atoms with Crippen LogP contribution in [0.4, 0.5) is 8.78 Å². The molecule has 0 bridgehead atoms. The summed E-state index contributed by atoms with van der Waals surface area (Å²) in [6, 6.07) is 9.03. The maximum Gasteiger partial charge on any atom is 0.130 e. The summed E-state index contributed by atoms with van der Waals surface area (Å²) in [5.74, 6) is -1.13. The van der Waals surface area contributed by atoms with E-state index >= 15 is 0 Å². The first-order chi connectivity index (χ1) is 9.13. The minimum absolute atomic E-state index is 0.0221. The van der Waals surface area contributed by atoms with Crippen molar-refractivity contribution in [3.63, 3.8) is 0 Å². The van der Waals surface area contributed by atoms with Crippen LogP contribution in [-0.2, 0) is 0 Å². The predicted molar refractivity (Wildman–Crippen MR) is 70.8 cm³/mol. The van der Waals surface area contributed by atoms with E-state index in [9.17, 15) is 8.78 Å². The van der Waals surface area contributed by atoms with Gasteiger partial charge >= 0.3 is 0 Å². The summed E-state index contributed by atoms with van der Waals surface area (Å²) in [6.45, 7) is 1.96. The Morgan fingerprint density at radius 3 is 2.53 bits per heavy atom. The predicted octanol–water partition coefficient (Wildman–Crippen LogP) is 3.42. The topological polar surface area (TPSA) is 24.9 Å². The normalized spacial score (nSPS) is 14.1. The molecular weight excluding hydrogens is 246 g/mol. The largest absolute Gasteiger partial charge is 0.312 e. The van der Waals surface area contributed by atoms with Crippen LogP contribution in [0.3, 0.4) is 0 Å². The standard InChI is InChI=1S/C15H16F2N2/c1-10(14-5-3-4-8-19-14)15(18-2)12-7-6-11(16)9-13(12)17/h3-10,15,18H,1-2H3. The number of hydrogen-bond acceptors (Lipinski definition) is 2. The van der Waals surface area contributed by atoms with Crippen LogP contribution in [0.1, 0.15) is 30.1 Å². The molecule has 0 spiro atoms. The van der Waals surface area contributed by atoms with Gasteiger partial charge in [-0.2, -0.15) is 0 Å². The van der Waals surface area contributed by atoms with Gasteiger partial charge in [-0.15, -0.1) is 0 Å². The highest BCUT2D eigenvalue weighted by Gasteiger charge is 2.23. The van der Waals surface area contributed by atoms with Gasteiger partial charge in [-0.3, -0.25) is 4.98 Å². The Morgan fingerprint density at radius 1 is 1.16 bits per heavy atom. The fourth-order valence-corrected chi connectivity index (χ4v) is 2.24. The lowest BCUT2D eigenvalue weighted by Crippen LogP contribution is -2.24. The third-order valence-electron chi connectivity index (χ3n) is 3.26. The highest BCUT2D eigenvalue weighted by Crippen LogP contribution is 2.30. The summed E-state index contributed by atoms with van der Waals surface area (Å²) in [6.07, 6.45) is 1.71. The number of hydrogen-bond donors (Lipinski definition) is 1. The van der Waals surface area contributed by atoms with Crippen LogP contribution in [-0.4, -0.2) is 12.0 Å². The summed E-state index contributed by atoms with van der Waals surface area (Å²) in [4.78, 5) is 4.28. The molecule has 1 N–H and O–H groups in total. The smallest absolute Gasteiger partial charge is 0.130 e. The van der Waals surface area contributed by atoms with Gasteiger partial charge in [0.05, 0.1) is 0 Å². The molecule has 0 saturated carbocycles. The van der Waals surface area contributed by atoms with E-state index in [-0.39, 0.29) is 12.0 Å². The first-order valence-electron chi connectivity index (χ1n) is 6.16. The van der Waals surface area contributed by atoms with Crippen molar-refractivity contribution < 1.29 is 8.78 Å². The molecule has 19 heavy (non-hydrogen) atoms. The molecule has 0 aliphatic carbocycles. The van der Waals surface area contributed by atoms with E-state index in [1.54, 1.807) is 13.2 Å². The number of pyridine rings is 1. The maximum absolute atomic E-state index is 13.9. The molecule has 2 unspecified atom stereocenters. The number of likely N-dealkylation sites (N-methyl/N-ethyl adjacent to an activating group) is 1. The summed E-state index contributed by atoms with van der Waals surface area (Å²) >= 11 is 0. The SMILES string of the molecule is CNC(c1ccc(F)cc1F)C(C)c1ccccn1. The summed E-state index contributed by atoms with van der Waals surface area (Å²) < 4.78 is 26.8. The van der Waals surface area contributed by atoms with Gasteiger partial charge in [-0.05, 0) is 25.2 Å². The van der Waals surface area contributed by atoms with Gasteiger partial charge in [-0.1, -0.05) is 19.1 Å². The Bertz CT molecular complexity index is 543. The van der Waals surface area contributed by atoms with Crippen LogP contribution in [0.5, 0.6) is 0 Å². The zero-order valence-electron chi connectivity index (χ0n) is 10.9. The maximum atomic E-state index is 13.9. The molecule has 0 saturated heterocycles. The molecule has 2 atom stereocenters. The third-order valence-corrected chi connectivity index (χ3v) is 3.26. The molecule has 0 fully saturated rings. The Hall–Kier alpha value is -1.81. The van der Waals surface area contributed by atoms with Gasteiger partial charge in [0.15, 0.2) is 0 Å². The van der Waals surface area contributed by atoms with Crippen molar-refractivity contribution in [2.24, 2.45) is 0 Å². The van der Waals surface area contributed by atoms with Crippen LogP contribution >= 0.6 is 0 Å². The summed E-state index contributed by atoms with van der Waals surface area (Å²) in [7, 11) is 1.76. The van der Waals surface area contributed by atoms with Crippen molar-refractivity contribution >= 4 is 0 Å². The van der Waals surface area contributed by atoms with Crippen LogP contribution in [0, 0.1) is 11.6 Å². The number of benzene rings is 1. The Labute approximate surface area is 111 Å².